The summed E-state index contributed by atoms with van der Waals surface area (Å²) in [6, 6.07) is 6.07. The monoisotopic (exact) mass is 254 g/mol. The second kappa shape index (κ2) is 7.33. The van der Waals surface area contributed by atoms with Crippen molar-refractivity contribution in [3.05, 3.63) is 34.3 Å². The lowest BCUT2D eigenvalue weighted by molar-refractivity contribution is -0.143. The molecule has 2 nitrogen and oxygen atoms in total. The van der Waals surface area contributed by atoms with Crippen LogP contribution >= 0.6 is 11.6 Å². The molecule has 1 aromatic carbocycles. The Kier molecular flexibility index (Phi) is 6.06. The van der Waals surface area contributed by atoms with E-state index in [0.717, 1.165) is 29.8 Å². The Bertz CT molecular complexity index is 374. The fourth-order valence-corrected chi connectivity index (χ4v) is 1.81. The van der Waals surface area contributed by atoms with Crippen molar-refractivity contribution in [2.75, 3.05) is 6.61 Å². The molecule has 0 N–H and O–H groups in total. The van der Waals surface area contributed by atoms with Gasteiger partial charge in [-0.3, -0.25) is 4.79 Å². The number of aryl methyl sites for hydroxylation is 2. The predicted octanol–water partition coefficient (Wildman–Crippen LogP) is 3.92. The molecule has 17 heavy (non-hydrogen) atoms. The van der Waals surface area contributed by atoms with Crippen LogP contribution in [0.5, 0.6) is 0 Å². The maximum absolute atomic E-state index is 11.1. The molecule has 0 radical (unpaired) electrons. The lowest BCUT2D eigenvalue weighted by Gasteiger charge is -2.04. The predicted molar refractivity (Wildman–Crippen MR) is 70.4 cm³/mol. The van der Waals surface area contributed by atoms with Gasteiger partial charge in [-0.2, -0.15) is 0 Å². The van der Waals surface area contributed by atoms with Gasteiger partial charge >= 0.3 is 5.97 Å². The van der Waals surface area contributed by atoms with Crippen LogP contribution in [-0.4, -0.2) is 12.6 Å². The third kappa shape index (κ3) is 5.22. The summed E-state index contributed by atoms with van der Waals surface area (Å²) in [7, 11) is 0. The summed E-state index contributed by atoms with van der Waals surface area (Å²) in [4.78, 5) is 11.1. The summed E-state index contributed by atoms with van der Waals surface area (Å²) in [5, 5.41) is 0.806. The van der Waals surface area contributed by atoms with E-state index in [2.05, 4.69) is 6.07 Å². The van der Waals surface area contributed by atoms with Crippen molar-refractivity contribution < 1.29 is 9.53 Å². The number of carbonyl (C=O) groups is 1. The van der Waals surface area contributed by atoms with Gasteiger partial charge in [0.25, 0.3) is 0 Å². The van der Waals surface area contributed by atoms with Crippen LogP contribution in [0.1, 0.15) is 37.3 Å². The standard InChI is InChI=1S/C14H19ClO2/c1-3-17-14(16)7-5-4-6-12-8-9-13(15)11(2)10-12/h8-10H,3-7H2,1-2H3. The Balaban J connectivity index is 2.26. The lowest BCUT2D eigenvalue weighted by Crippen LogP contribution is -2.03. The number of carbonyl (C=O) groups excluding carboxylic acids is 1. The maximum atomic E-state index is 11.1. The average molecular weight is 255 g/mol. The molecule has 0 atom stereocenters. The van der Waals surface area contributed by atoms with Gasteiger partial charge in [-0.1, -0.05) is 23.7 Å². The van der Waals surface area contributed by atoms with Crippen LogP contribution in [0.3, 0.4) is 0 Å². The molecule has 94 valence electrons. The van der Waals surface area contributed by atoms with E-state index in [0.29, 0.717) is 13.0 Å². The largest absolute Gasteiger partial charge is 0.466 e. The Labute approximate surface area is 108 Å². The van der Waals surface area contributed by atoms with E-state index >= 15 is 0 Å². The molecule has 0 spiro atoms. The zero-order valence-corrected chi connectivity index (χ0v) is 11.2. The molecule has 0 saturated heterocycles. The van der Waals surface area contributed by atoms with Crippen LogP contribution in [0, 0.1) is 6.92 Å². The third-order valence-corrected chi connectivity index (χ3v) is 3.05. The van der Waals surface area contributed by atoms with Crippen LogP contribution in [0.4, 0.5) is 0 Å². The molecular weight excluding hydrogens is 236 g/mol. The summed E-state index contributed by atoms with van der Waals surface area (Å²) in [5.41, 5.74) is 2.38. The van der Waals surface area contributed by atoms with Gasteiger partial charge in [0, 0.05) is 11.4 Å². The Hall–Kier alpha value is -1.02. The quantitative estimate of drug-likeness (QED) is 0.568. The fourth-order valence-electron chi connectivity index (χ4n) is 1.69. The van der Waals surface area contributed by atoms with Gasteiger partial charge in [-0.05, 0) is 50.3 Å². The van der Waals surface area contributed by atoms with Gasteiger partial charge in [0.1, 0.15) is 0 Å². The zero-order valence-electron chi connectivity index (χ0n) is 10.5. The van der Waals surface area contributed by atoms with Crippen molar-refractivity contribution >= 4 is 17.6 Å². The number of unbranched alkanes of at least 4 members (excludes halogenated alkanes) is 1. The first-order chi connectivity index (χ1) is 8.13. The first-order valence-corrected chi connectivity index (χ1v) is 6.42. The molecule has 0 aromatic heterocycles. The molecule has 0 fully saturated rings. The highest BCUT2D eigenvalue weighted by atomic mass is 35.5. The molecule has 0 aliphatic heterocycles. The summed E-state index contributed by atoms with van der Waals surface area (Å²) in [6.45, 7) is 4.30. The molecule has 0 aliphatic carbocycles. The highest BCUT2D eigenvalue weighted by molar-refractivity contribution is 6.31. The number of hydrogen-bond donors (Lipinski definition) is 0. The third-order valence-electron chi connectivity index (χ3n) is 2.62. The number of ether oxygens (including phenoxy) is 1. The SMILES string of the molecule is CCOC(=O)CCCCc1ccc(Cl)c(C)c1. The minimum absolute atomic E-state index is 0.0974. The van der Waals surface area contributed by atoms with Crippen molar-refractivity contribution in [2.24, 2.45) is 0 Å². The smallest absolute Gasteiger partial charge is 0.305 e. The zero-order chi connectivity index (χ0) is 12.7. The fraction of sp³-hybridized carbons (Fsp3) is 0.500. The van der Waals surface area contributed by atoms with Crippen LogP contribution in [0.25, 0.3) is 0 Å². The van der Waals surface area contributed by atoms with E-state index in [-0.39, 0.29) is 5.97 Å². The summed E-state index contributed by atoms with van der Waals surface area (Å²) >= 11 is 5.96. The van der Waals surface area contributed by atoms with Crippen molar-refractivity contribution in [1.82, 2.24) is 0 Å². The molecule has 0 amide bonds. The molecule has 0 unspecified atom stereocenters. The minimum atomic E-state index is -0.0974. The number of benzene rings is 1. The molecule has 1 aromatic rings. The second-order valence-electron chi connectivity index (χ2n) is 4.10. The highest BCUT2D eigenvalue weighted by Gasteiger charge is 2.02. The Morgan fingerprint density at radius 3 is 2.76 bits per heavy atom. The lowest BCUT2D eigenvalue weighted by atomic mass is 10.0. The van der Waals surface area contributed by atoms with Gasteiger partial charge in [0.2, 0.25) is 0 Å². The topological polar surface area (TPSA) is 26.3 Å². The summed E-state index contributed by atoms with van der Waals surface area (Å²) < 4.78 is 4.87. The number of esters is 1. The van der Waals surface area contributed by atoms with Gasteiger partial charge in [-0.25, -0.2) is 0 Å². The summed E-state index contributed by atoms with van der Waals surface area (Å²) in [6.07, 6.45) is 3.37. The van der Waals surface area contributed by atoms with Gasteiger partial charge in [-0.15, -0.1) is 0 Å². The summed E-state index contributed by atoms with van der Waals surface area (Å²) in [5.74, 6) is -0.0974. The van der Waals surface area contributed by atoms with Gasteiger partial charge in [0.05, 0.1) is 6.61 Å². The van der Waals surface area contributed by atoms with Crippen LogP contribution in [-0.2, 0) is 16.0 Å². The Morgan fingerprint density at radius 2 is 2.12 bits per heavy atom. The molecular formula is C14H19ClO2. The number of hydrogen-bond acceptors (Lipinski definition) is 2. The van der Waals surface area contributed by atoms with Crippen molar-refractivity contribution in [3.63, 3.8) is 0 Å². The average Bonchev–Trinajstić information content (AvgIpc) is 2.29. The normalized spacial score (nSPS) is 10.3. The van der Waals surface area contributed by atoms with Crippen LogP contribution in [0.15, 0.2) is 18.2 Å². The van der Waals surface area contributed by atoms with Crippen molar-refractivity contribution in [1.29, 1.82) is 0 Å². The Morgan fingerprint density at radius 1 is 1.35 bits per heavy atom. The molecule has 0 bridgehead atoms. The first-order valence-electron chi connectivity index (χ1n) is 6.04. The number of halogens is 1. The molecule has 0 aliphatic rings. The van der Waals surface area contributed by atoms with Crippen LogP contribution in [0.2, 0.25) is 5.02 Å². The van der Waals surface area contributed by atoms with Crippen LogP contribution < -0.4 is 0 Å². The first kappa shape index (κ1) is 14.0. The van der Waals surface area contributed by atoms with E-state index in [4.69, 9.17) is 16.3 Å². The van der Waals surface area contributed by atoms with Crippen molar-refractivity contribution in [2.45, 2.75) is 39.5 Å². The van der Waals surface area contributed by atoms with Gasteiger partial charge < -0.3 is 4.74 Å². The minimum Gasteiger partial charge on any atom is -0.466 e. The number of rotatable bonds is 6. The maximum Gasteiger partial charge on any atom is 0.305 e. The van der Waals surface area contributed by atoms with E-state index in [1.165, 1.54) is 5.56 Å². The molecule has 0 heterocycles. The molecule has 1 rings (SSSR count). The van der Waals surface area contributed by atoms with E-state index in [9.17, 15) is 4.79 Å². The highest BCUT2D eigenvalue weighted by Crippen LogP contribution is 2.17. The van der Waals surface area contributed by atoms with Gasteiger partial charge in [0.15, 0.2) is 0 Å². The van der Waals surface area contributed by atoms with E-state index in [1.807, 2.05) is 26.0 Å². The second-order valence-corrected chi connectivity index (χ2v) is 4.50. The molecule has 0 saturated carbocycles. The molecule has 3 heteroatoms. The van der Waals surface area contributed by atoms with E-state index < -0.39 is 0 Å². The van der Waals surface area contributed by atoms with E-state index in [1.54, 1.807) is 0 Å². The van der Waals surface area contributed by atoms with Crippen molar-refractivity contribution in [3.8, 4) is 0 Å².